The number of ether oxygens (including phenoxy) is 1. The minimum Gasteiger partial charge on any atom is -0.381 e. The molecule has 3 heterocycles. The van der Waals surface area contributed by atoms with Gasteiger partial charge in [0.05, 0.1) is 6.61 Å². The Morgan fingerprint density at radius 2 is 1.95 bits per heavy atom. The van der Waals surface area contributed by atoms with Gasteiger partial charge >= 0.3 is 0 Å². The molecule has 4 atom stereocenters. The van der Waals surface area contributed by atoms with Crippen molar-refractivity contribution < 1.29 is 4.74 Å². The van der Waals surface area contributed by atoms with Crippen molar-refractivity contribution in [1.29, 1.82) is 0 Å². The summed E-state index contributed by atoms with van der Waals surface area (Å²) in [6.07, 6.45) is 8.27. The molecule has 0 saturated carbocycles. The molecular formula is C16H30N2O. The van der Waals surface area contributed by atoms with Crippen molar-refractivity contribution in [1.82, 2.24) is 10.2 Å². The van der Waals surface area contributed by atoms with Gasteiger partial charge in [-0.2, -0.15) is 0 Å². The maximum Gasteiger partial charge on any atom is 0.0509 e. The van der Waals surface area contributed by atoms with Gasteiger partial charge in [-0.15, -0.1) is 0 Å². The molecule has 19 heavy (non-hydrogen) atoms. The maximum atomic E-state index is 5.61. The summed E-state index contributed by atoms with van der Waals surface area (Å²) in [5.41, 5.74) is 0. The van der Waals surface area contributed by atoms with E-state index in [1.807, 2.05) is 0 Å². The highest BCUT2D eigenvalue weighted by Crippen LogP contribution is 2.38. The molecular weight excluding hydrogens is 236 g/mol. The summed E-state index contributed by atoms with van der Waals surface area (Å²) in [5.74, 6) is 0.777. The highest BCUT2D eigenvalue weighted by Gasteiger charge is 2.42. The zero-order chi connectivity index (χ0) is 13.2. The molecule has 0 aromatic heterocycles. The fraction of sp³-hybridized carbons (Fsp3) is 1.00. The van der Waals surface area contributed by atoms with Gasteiger partial charge in [0.15, 0.2) is 0 Å². The summed E-state index contributed by atoms with van der Waals surface area (Å²) >= 11 is 0. The average molecular weight is 266 g/mol. The Morgan fingerprint density at radius 3 is 2.53 bits per heavy atom. The van der Waals surface area contributed by atoms with Crippen LogP contribution >= 0.6 is 0 Å². The molecule has 3 aliphatic rings. The lowest BCUT2D eigenvalue weighted by Gasteiger charge is -2.52. The number of piperidine rings is 2. The molecule has 0 radical (unpaired) electrons. The smallest absolute Gasteiger partial charge is 0.0509 e. The molecule has 3 nitrogen and oxygen atoms in total. The van der Waals surface area contributed by atoms with Gasteiger partial charge in [0.2, 0.25) is 0 Å². The van der Waals surface area contributed by atoms with Gasteiger partial charge in [-0.25, -0.2) is 0 Å². The zero-order valence-corrected chi connectivity index (χ0v) is 12.6. The number of nitrogens with one attached hydrogen (secondary N) is 1. The quantitative estimate of drug-likeness (QED) is 0.845. The van der Waals surface area contributed by atoms with E-state index >= 15 is 0 Å². The van der Waals surface area contributed by atoms with Crippen LogP contribution in [0.2, 0.25) is 0 Å². The second-order valence-corrected chi connectivity index (χ2v) is 6.78. The van der Waals surface area contributed by atoms with E-state index in [1.165, 1.54) is 38.5 Å². The zero-order valence-electron chi connectivity index (χ0n) is 12.6. The first-order chi connectivity index (χ1) is 9.29. The summed E-state index contributed by atoms with van der Waals surface area (Å²) in [6, 6.07) is 3.14. The third-order valence-electron chi connectivity index (χ3n) is 5.64. The summed E-state index contributed by atoms with van der Waals surface area (Å²) in [4.78, 5) is 2.89. The molecule has 3 saturated heterocycles. The molecule has 1 N–H and O–H groups in total. The Hall–Kier alpha value is -0.120. The molecule has 3 fully saturated rings. The van der Waals surface area contributed by atoms with Crippen molar-refractivity contribution in [2.45, 2.75) is 76.5 Å². The minimum absolute atomic E-state index is 0.723. The van der Waals surface area contributed by atoms with Crippen molar-refractivity contribution >= 4 is 0 Å². The second-order valence-electron chi connectivity index (χ2n) is 6.78. The molecule has 4 unspecified atom stereocenters. The lowest BCUT2D eigenvalue weighted by Crippen LogP contribution is -2.60. The topological polar surface area (TPSA) is 24.5 Å². The lowest BCUT2D eigenvalue weighted by atomic mass is 9.79. The SMILES string of the molecule is CCNC1CC2CCCC(C1)N2C(C)C1CCOC1. The third-order valence-corrected chi connectivity index (χ3v) is 5.64. The standard InChI is InChI=1S/C16H30N2O/c1-3-17-14-9-15-5-4-6-16(10-14)18(15)12(2)13-7-8-19-11-13/h12-17H,3-11H2,1-2H3. The van der Waals surface area contributed by atoms with Gasteiger partial charge in [-0.05, 0) is 51.5 Å². The summed E-state index contributed by atoms with van der Waals surface area (Å²) in [6.45, 7) is 7.79. The van der Waals surface area contributed by atoms with Crippen LogP contribution in [0.5, 0.6) is 0 Å². The van der Waals surface area contributed by atoms with Crippen LogP contribution in [0.25, 0.3) is 0 Å². The fourth-order valence-electron chi connectivity index (χ4n) is 4.71. The Morgan fingerprint density at radius 1 is 1.21 bits per heavy atom. The van der Waals surface area contributed by atoms with E-state index in [9.17, 15) is 0 Å². The Labute approximate surface area is 118 Å². The highest BCUT2D eigenvalue weighted by molar-refractivity contribution is 4.98. The Kier molecular flexibility index (Phi) is 4.45. The van der Waals surface area contributed by atoms with E-state index in [2.05, 4.69) is 24.1 Å². The van der Waals surface area contributed by atoms with Gasteiger partial charge in [-0.1, -0.05) is 13.3 Å². The van der Waals surface area contributed by atoms with Crippen LogP contribution < -0.4 is 5.32 Å². The van der Waals surface area contributed by atoms with Crippen LogP contribution in [0, 0.1) is 5.92 Å². The van der Waals surface area contributed by atoms with Crippen molar-refractivity contribution in [3.63, 3.8) is 0 Å². The third kappa shape index (κ3) is 2.84. The number of rotatable bonds is 4. The molecule has 110 valence electrons. The van der Waals surface area contributed by atoms with Crippen LogP contribution in [0.15, 0.2) is 0 Å². The van der Waals surface area contributed by atoms with E-state index in [0.29, 0.717) is 0 Å². The summed E-state index contributed by atoms with van der Waals surface area (Å²) in [7, 11) is 0. The van der Waals surface area contributed by atoms with E-state index in [1.54, 1.807) is 0 Å². The monoisotopic (exact) mass is 266 g/mol. The predicted molar refractivity (Wildman–Crippen MR) is 78.4 cm³/mol. The summed E-state index contributed by atoms with van der Waals surface area (Å²) < 4.78 is 5.61. The number of nitrogens with zero attached hydrogens (tertiary/aromatic N) is 1. The van der Waals surface area contributed by atoms with Crippen LogP contribution in [-0.4, -0.2) is 48.8 Å². The molecule has 3 aliphatic heterocycles. The lowest BCUT2D eigenvalue weighted by molar-refractivity contribution is -0.0246. The average Bonchev–Trinajstić information content (AvgIpc) is 2.91. The molecule has 0 amide bonds. The van der Waals surface area contributed by atoms with Gasteiger partial charge in [0.1, 0.15) is 0 Å². The number of fused-ring (bicyclic) bond motifs is 2. The Balaban J connectivity index is 1.67. The van der Waals surface area contributed by atoms with Gasteiger partial charge in [0.25, 0.3) is 0 Å². The predicted octanol–water partition coefficient (Wildman–Crippen LogP) is 2.41. The first kappa shape index (κ1) is 13.8. The largest absolute Gasteiger partial charge is 0.381 e. The highest BCUT2D eigenvalue weighted by atomic mass is 16.5. The van der Waals surface area contributed by atoms with Crippen LogP contribution in [0.4, 0.5) is 0 Å². The molecule has 0 aromatic rings. The van der Waals surface area contributed by atoms with Crippen molar-refractivity contribution in [3.8, 4) is 0 Å². The van der Waals surface area contributed by atoms with E-state index < -0.39 is 0 Å². The van der Waals surface area contributed by atoms with Crippen molar-refractivity contribution in [2.75, 3.05) is 19.8 Å². The van der Waals surface area contributed by atoms with E-state index in [0.717, 1.165) is 49.8 Å². The van der Waals surface area contributed by atoms with Crippen LogP contribution in [-0.2, 0) is 4.74 Å². The summed E-state index contributed by atoms with van der Waals surface area (Å²) in [5, 5.41) is 3.69. The Bertz CT molecular complexity index is 276. The maximum absolute atomic E-state index is 5.61. The first-order valence-corrected chi connectivity index (χ1v) is 8.38. The molecule has 3 heteroatoms. The molecule has 0 spiro atoms. The van der Waals surface area contributed by atoms with Gasteiger partial charge < -0.3 is 10.1 Å². The molecule has 0 aromatic carbocycles. The molecule has 2 bridgehead atoms. The normalized spacial score (nSPS) is 41.4. The second kappa shape index (κ2) is 6.11. The van der Waals surface area contributed by atoms with E-state index in [4.69, 9.17) is 4.74 Å². The molecule has 3 rings (SSSR count). The van der Waals surface area contributed by atoms with Crippen LogP contribution in [0.3, 0.4) is 0 Å². The van der Waals surface area contributed by atoms with E-state index in [-0.39, 0.29) is 0 Å². The van der Waals surface area contributed by atoms with Crippen molar-refractivity contribution in [2.24, 2.45) is 5.92 Å². The van der Waals surface area contributed by atoms with Gasteiger partial charge in [-0.3, -0.25) is 4.90 Å². The number of hydrogen-bond donors (Lipinski definition) is 1. The van der Waals surface area contributed by atoms with Crippen LogP contribution in [0.1, 0.15) is 52.4 Å². The number of hydrogen-bond acceptors (Lipinski definition) is 3. The fourth-order valence-corrected chi connectivity index (χ4v) is 4.71. The first-order valence-electron chi connectivity index (χ1n) is 8.38. The van der Waals surface area contributed by atoms with Crippen molar-refractivity contribution in [3.05, 3.63) is 0 Å². The molecule has 0 aliphatic carbocycles. The minimum atomic E-state index is 0.723. The van der Waals surface area contributed by atoms with Gasteiger partial charge in [0, 0.05) is 30.8 Å².